The SMILES string of the molecule is Cc1c(COc2ccc(CN[C@@H](C(=O)O)[C@@H](C)O)c(OCc3cccc(C#N)c3)c2)cccc1-c1ccc2c(c1)OCCO2. The number of nitrogens with one attached hydrogen (secondary N) is 1. The molecule has 44 heavy (non-hydrogen) atoms. The van der Waals surface area contributed by atoms with E-state index in [1.807, 2.05) is 42.5 Å². The van der Waals surface area contributed by atoms with E-state index in [0.717, 1.165) is 39.3 Å². The summed E-state index contributed by atoms with van der Waals surface area (Å²) in [6.07, 6.45) is -1.09. The molecule has 1 aliphatic rings. The van der Waals surface area contributed by atoms with E-state index < -0.39 is 18.1 Å². The number of nitriles is 1. The molecular weight excluding hydrogens is 560 g/mol. The number of hydrogen-bond donors (Lipinski definition) is 3. The number of hydrogen-bond acceptors (Lipinski definition) is 8. The first-order chi connectivity index (χ1) is 21.3. The second-order valence-corrected chi connectivity index (χ2v) is 10.5. The van der Waals surface area contributed by atoms with Crippen molar-refractivity contribution in [3.8, 4) is 40.2 Å². The molecule has 5 rings (SSSR count). The Bertz CT molecular complexity index is 1680. The number of rotatable bonds is 12. The van der Waals surface area contributed by atoms with E-state index in [2.05, 4.69) is 24.4 Å². The Morgan fingerprint density at radius 1 is 0.955 bits per heavy atom. The van der Waals surface area contributed by atoms with E-state index in [9.17, 15) is 20.3 Å². The fourth-order valence-electron chi connectivity index (χ4n) is 5.01. The van der Waals surface area contributed by atoms with Crippen LogP contribution in [0.3, 0.4) is 0 Å². The number of aliphatic hydroxyl groups excluding tert-OH is 1. The smallest absolute Gasteiger partial charge is 0.323 e. The minimum absolute atomic E-state index is 0.145. The van der Waals surface area contributed by atoms with Gasteiger partial charge in [-0.05, 0) is 72.0 Å². The number of aliphatic hydroxyl groups is 1. The van der Waals surface area contributed by atoms with Crippen LogP contribution in [0.25, 0.3) is 11.1 Å². The molecule has 0 radical (unpaired) electrons. The zero-order valence-corrected chi connectivity index (χ0v) is 24.6. The number of benzene rings is 4. The topological polar surface area (TPSA) is 130 Å². The third kappa shape index (κ3) is 7.29. The second-order valence-electron chi connectivity index (χ2n) is 10.5. The minimum atomic E-state index is -1.15. The van der Waals surface area contributed by atoms with Crippen molar-refractivity contribution in [2.45, 2.75) is 45.8 Å². The predicted octanol–water partition coefficient (Wildman–Crippen LogP) is 5.39. The van der Waals surface area contributed by atoms with Crippen LogP contribution < -0.4 is 24.3 Å². The Hall–Kier alpha value is -5.04. The summed E-state index contributed by atoms with van der Waals surface area (Å²) < 4.78 is 23.8. The van der Waals surface area contributed by atoms with E-state index in [0.29, 0.717) is 42.4 Å². The summed E-state index contributed by atoms with van der Waals surface area (Å²) in [5.74, 6) is 1.40. The highest BCUT2D eigenvalue weighted by Gasteiger charge is 2.23. The monoisotopic (exact) mass is 594 g/mol. The lowest BCUT2D eigenvalue weighted by Crippen LogP contribution is -2.44. The van der Waals surface area contributed by atoms with Crippen molar-refractivity contribution in [3.63, 3.8) is 0 Å². The summed E-state index contributed by atoms with van der Waals surface area (Å²) in [5, 5.41) is 31.5. The summed E-state index contributed by atoms with van der Waals surface area (Å²) in [7, 11) is 0. The summed E-state index contributed by atoms with van der Waals surface area (Å²) in [5.41, 5.74) is 6.22. The fourth-order valence-corrected chi connectivity index (χ4v) is 5.01. The van der Waals surface area contributed by atoms with Gasteiger partial charge in [0.15, 0.2) is 11.5 Å². The van der Waals surface area contributed by atoms with Crippen molar-refractivity contribution < 1.29 is 34.0 Å². The molecule has 226 valence electrons. The summed E-state index contributed by atoms with van der Waals surface area (Å²) in [6, 6.07) is 25.5. The van der Waals surface area contributed by atoms with Crippen LogP contribution in [0.4, 0.5) is 0 Å². The second kappa shape index (κ2) is 14.0. The van der Waals surface area contributed by atoms with E-state index in [1.54, 1.807) is 30.3 Å². The van der Waals surface area contributed by atoms with Gasteiger partial charge in [0.05, 0.1) is 17.7 Å². The Morgan fingerprint density at radius 2 is 1.75 bits per heavy atom. The zero-order chi connectivity index (χ0) is 31.1. The molecule has 0 amide bonds. The van der Waals surface area contributed by atoms with Crippen LogP contribution in [-0.2, 0) is 24.6 Å². The van der Waals surface area contributed by atoms with Crippen LogP contribution in [0.5, 0.6) is 23.0 Å². The van der Waals surface area contributed by atoms with Crippen LogP contribution >= 0.6 is 0 Å². The predicted molar refractivity (Wildman–Crippen MR) is 164 cm³/mol. The van der Waals surface area contributed by atoms with Gasteiger partial charge in [-0.3, -0.25) is 10.1 Å². The maximum absolute atomic E-state index is 11.6. The maximum Gasteiger partial charge on any atom is 0.323 e. The van der Waals surface area contributed by atoms with Gasteiger partial charge in [-0.25, -0.2) is 0 Å². The van der Waals surface area contributed by atoms with Crippen molar-refractivity contribution in [1.82, 2.24) is 5.32 Å². The lowest BCUT2D eigenvalue weighted by atomic mass is 9.96. The van der Waals surface area contributed by atoms with Crippen molar-refractivity contribution in [3.05, 3.63) is 107 Å². The van der Waals surface area contributed by atoms with E-state index in [-0.39, 0.29) is 13.2 Å². The van der Waals surface area contributed by atoms with Gasteiger partial charge < -0.3 is 29.2 Å². The van der Waals surface area contributed by atoms with Crippen molar-refractivity contribution >= 4 is 5.97 Å². The number of carboxylic acid groups (broad SMARTS) is 1. The van der Waals surface area contributed by atoms with Crippen LogP contribution in [0.2, 0.25) is 0 Å². The fraction of sp³-hybridized carbons (Fsp3) is 0.257. The largest absolute Gasteiger partial charge is 0.489 e. The number of fused-ring (bicyclic) bond motifs is 1. The van der Waals surface area contributed by atoms with Gasteiger partial charge in [0.25, 0.3) is 0 Å². The van der Waals surface area contributed by atoms with E-state index in [1.165, 1.54) is 6.92 Å². The molecule has 0 unspecified atom stereocenters. The van der Waals surface area contributed by atoms with E-state index >= 15 is 0 Å². The Kier molecular flexibility index (Phi) is 9.65. The molecule has 4 aromatic rings. The van der Waals surface area contributed by atoms with Crippen LogP contribution in [0.15, 0.2) is 78.9 Å². The first kappa shape index (κ1) is 30.4. The zero-order valence-electron chi connectivity index (χ0n) is 24.6. The summed E-state index contributed by atoms with van der Waals surface area (Å²) in [6.45, 7) is 5.21. The minimum Gasteiger partial charge on any atom is -0.489 e. The third-order valence-corrected chi connectivity index (χ3v) is 7.44. The highest BCUT2D eigenvalue weighted by Crippen LogP contribution is 2.36. The number of ether oxygens (including phenoxy) is 4. The first-order valence-corrected chi connectivity index (χ1v) is 14.3. The van der Waals surface area contributed by atoms with Gasteiger partial charge in [-0.1, -0.05) is 42.5 Å². The van der Waals surface area contributed by atoms with Gasteiger partial charge in [0, 0.05) is 18.2 Å². The van der Waals surface area contributed by atoms with Gasteiger partial charge in [-0.15, -0.1) is 0 Å². The summed E-state index contributed by atoms with van der Waals surface area (Å²) >= 11 is 0. The lowest BCUT2D eigenvalue weighted by Gasteiger charge is -2.20. The number of nitrogens with zero attached hydrogens (tertiary/aromatic N) is 1. The molecular formula is C35H34N2O7. The van der Waals surface area contributed by atoms with Gasteiger partial charge >= 0.3 is 5.97 Å². The van der Waals surface area contributed by atoms with E-state index in [4.69, 9.17) is 18.9 Å². The molecule has 1 heterocycles. The van der Waals surface area contributed by atoms with Crippen LogP contribution in [0, 0.1) is 18.3 Å². The average Bonchev–Trinajstić information content (AvgIpc) is 3.03. The molecule has 1 aliphatic heterocycles. The van der Waals surface area contributed by atoms with Gasteiger partial charge in [0.1, 0.15) is 44.0 Å². The Morgan fingerprint density at radius 3 is 2.52 bits per heavy atom. The molecule has 0 aliphatic carbocycles. The standard InChI is InChI=1S/C35H34N2O7/c1-22-28(7-4-8-30(22)26-10-12-31-33(16-26)42-14-13-41-31)21-43-29-11-9-27(19-37-34(23(2)38)35(39)40)32(17-29)44-20-25-6-3-5-24(15-25)18-36/h3-12,15-17,23,34,37-38H,13-14,19-21H2,1-2H3,(H,39,40)/t23-,34-/m1/s1. The Labute approximate surface area is 256 Å². The molecule has 0 saturated heterocycles. The highest BCUT2D eigenvalue weighted by atomic mass is 16.6. The molecule has 2 atom stereocenters. The molecule has 0 saturated carbocycles. The normalized spacial score (nSPS) is 13.4. The van der Waals surface area contributed by atoms with Crippen molar-refractivity contribution in [1.29, 1.82) is 5.26 Å². The molecule has 3 N–H and O–H groups in total. The summed E-state index contributed by atoms with van der Waals surface area (Å²) in [4.78, 5) is 11.6. The highest BCUT2D eigenvalue weighted by molar-refractivity contribution is 5.74. The molecule has 0 spiro atoms. The van der Waals surface area contributed by atoms with Crippen LogP contribution in [-0.4, -0.2) is 41.5 Å². The molecule has 0 aromatic heterocycles. The Balaban J connectivity index is 1.35. The third-order valence-electron chi connectivity index (χ3n) is 7.44. The molecule has 0 bridgehead atoms. The number of aliphatic carboxylic acids is 1. The van der Waals surface area contributed by atoms with Crippen molar-refractivity contribution in [2.75, 3.05) is 13.2 Å². The average molecular weight is 595 g/mol. The molecule has 4 aromatic carbocycles. The molecule has 0 fully saturated rings. The number of carboxylic acids is 1. The lowest BCUT2D eigenvalue weighted by molar-refractivity contribution is -0.142. The van der Waals surface area contributed by atoms with Gasteiger partial charge in [-0.2, -0.15) is 5.26 Å². The molecule has 9 heteroatoms. The van der Waals surface area contributed by atoms with Gasteiger partial charge in [0.2, 0.25) is 0 Å². The number of carbonyl (C=O) groups is 1. The maximum atomic E-state index is 11.6. The van der Waals surface area contributed by atoms with Crippen LogP contribution in [0.1, 0.15) is 34.7 Å². The first-order valence-electron chi connectivity index (χ1n) is 14.3. The van der Waals surface area contributed by atoms with Crippen molar-refractivity contribution in [2.24, 2.45) is 0 Å². The quantitative estimate of drug-likeness (QED) is 0.198. The molecule has 9 nitrogen and oxygen atoms in total.